The first-order valence-electron chi connectivity index (χ1n) is 12.6. The summed E-state index contributed by atoms with van der Waals surface area (Å²) < 4.78 is 16.2. The van der Waals surface area contributed by atoms with Crippen molar-refractivity contribution in [3.05, 3.63) is 59.7 Å². The van der Waals surface area contributed by atoms with Crippen LogP contribution in [0.2, 0.25) is 0 Å². The molecular weight excluding hydrogens is 428 g/mol. The normalized spacial score (nSPS) is 14.0. The third-order valence-electron chi connectivity index (χ3n) is 6.05. The lowest BCUT2D eigenvalue weighted by atomic mass is 10.1. The summed E-state index contributed by atoms with van der Waals surface area (Å²) in [6, 6.07) is 16.4. The third kappa shape index (κ3) is 10.1. The Balaban J connectivity index is 1.21. The monoisotopic (exact) mass is 468 g/mol. The van der Waals surface area contributed by atoms with Crippen molar-refractivity contribution in [2.45, 2.75) is 57.9 Å². The van der Waals surface area contributed by atoms with Crippen molar-refractivity contribution in [1.82, 2.24) is 10.2 Å². The van der Waals surface area contributed by atoms with Crippen LogP contribution in [0.4, 0.5) is 0 Å². The van der Waals surface area contributed by atoms with Crippen LogP contribution in [0.1, 0.15) is 56.1 Å². The van der Waals surface area contributed by atoms with Crippen molar-refractivity contribution in [1.29, 1.82) is 0 Å². The summed E-state index contributed by atoms with van der Waals surface area (Å²) >= 11 is 0. The van der Waals surface area contributed by atoms with Crippen LogP contribution in [-0.2, 0) is 22.5 Å². The molecule has 1 heterocycles. The fraction of sp³-hybridized carbons (Fsp3) is 0.536. The second-order valence-electron chi connectivity index (χ2n) is 8.94. The number of methoxy groups -OCH3 is 1. The molecule has 1 aliphatic rings. The van der Waals surface area contributed by atoms with E-state index < -0.39 is 0 Å². The number of rotatable bonds is 15. The molecule has 6 nitrogen and oxygen atoms in total. The average Bonchev–Trinajstić information content (AvgIpc) is 2.87. The molecule has 0 aliphatic carbocycles. The van der Waals surface area contributed by atoms with E-state index in [2.05, 4.69) is 40.5 Å². The highest BCUT2D eigenvalue weighted by atomic mass is 16.7. The third-order valence-corrected chi connectivity index (χ3v) is 6.05. The fourth-order valence-electron chi connectivity index (χ4n) is 4.18. The molecule has 6 heteroatoms. The van der Waals surface area contributed by atoms with Crippen molar-refractivity contribution in [3.8, 4) is 11.5 Å². The van der Waals surface area contributed by atoms with Crippen LogP contribution in [0, 0.1) is 0 Å². The largest absolute Gasteiger partial charge is 0.494 e. The van der Waals surface area contributed by atoms with E-state index in [-0.39, 0.29) is 12.7 Å². The molecule has 0 saturated carbocycles. The van der Waals surface area contributed by atoms with Gasteiger partial charge in [-0.05, 0) is 87.0 Å². The van der Waals surface area contributed by atoms with Gasteiger partial charge in [0.25, 0.3) is 0 Å². The van der Waals surface area contributed by atoms with Crippen LogP contribution in [0.15, 0.2) is 48.5 Å². The predicted octanol–water partition coefficient (Wildman–Crippen LogP) is 4.95. The molecule has 3 rings (SSSR count). The zero-order valence-electron chi connectivity index (χ0n) is 20.6. The van der Waals surface area contributed by atoms with Gasteiger partial charge in [0.1, 0.15) is 11.5 Å². The Kier molecular flexibility index (Phi) is 11.8. The first-order chi connectivity index (χ1) is 16.7. The summed E-state index contributed by atoms with van der Waals surface area (Å²) in [7, 11) is 1.61. The van der Waals surface area contributed by atoms with E-state index in [0.29, 0.717) is 19.6 Å². The standard InChI is InChI=1S/C28H40N2O4/c1-32-23-34-26-15-13-24(14-16-26)9-3-4-12-28(31)29-17-8-20-33-27-11-7-10-25(21-27)22-30-18-5-2-6-19-30/h7,10-11,13-16,21H,2-6,8-9,12,17-20,22-23H2,1H3,(H,29,31). The Bertz CT molecular complexity index is 835. The number of amides is 1. The molecule has 34 heavy (non-hydrogen) atoms. The second kappa shape index (κ2) is 15.4. The molecule has 2 aromatic rings. The van der Waals surface area contributed by atoms with Crippen molar-refractivity contribution >= 4 is 5.91 Å². The minimum absolute atomic E-state index is 0.117. The molecule has 0 atom stereocenters. The van der Waals surface area contributed by atoms with E-state index in [9.17, 15) is 4.79 Å². The van der Waals surface area contributed by atoms with Crippen molar-refractivity contribution in [2.75, 3.05) is 40.1 Å². The molecule has 186 valence electrons. The van der Waals surface area contributed by atoms with E-state index in [4.69, 9.17) is 14.2 Å². The van der Waals surface area contributed by atoms with E-state index in [0.717, 1.165) is 43.7 Å². The summed E-state index contributed by atoms with van der Waals surface area (Å²) in [5.74, 6) is 1.84. The Labute approximate surface area is 204 Å². The summed E-state index contributed by atoms with van der Waals surface area (Å²) in [5, 5.41) is 3.01. The van der Waals surface area contributed by atoms with E-state index in [1.165, 1.54) is 43.5 Å². The van der Waals surface area contributed by atoms with Gasteiger partial charge in [-0.15, -0.1) is 0 Å². The van der Waals surface area contributed by atoms with Crippen molar-refractivity contribution < 1.29 is 19.0 Å². The number of likely N-dealkylation sites (tertiary alicyclic amines) is 1. The van der Waals surface area contributed by atoms with Crippen molar-refractivity contribution in [3.63, 3.8) is 0 Å². The topological polar surface area (TPSA) is 60.0 Å². The zero-order chi connectivity index (χ0) is 23.8. The number of hydrogen-bond acceptors (Lipinski definition) is 5. The fourth-order valence-corrected chi connectivity index (χ4v) is 4.18. The van der Waals surface area contributed by atoms with Crippen LogP contribution in [0.25, 0.3) is 0 Å². The summed E-state index contributed by atoms with van der Waals surface area (Å²) in [4.78, 5) is 14.6. The molecule has 1 aliphatic heterocycles. The smallest absolute Gasteiger partial charge is 0.219 e. The van der Waals surface area contributed by atoms with Gasteiger partial charge in [0.2, 0.25) is 5.91 Å². The Morgan fingerprint density at radius 1 is 0.912 bits per heavy atom. The molecule has 2 aromatic carbocycles. The lowest BCUT2D eigenvalue weighted by Gasteiger charge is -2.26. The highest BCUT2D eigenvalue weighted by molar-refractivity contribution is 5.75. The first-order valence-corrected chi connectivity index (χ1v) is 12.6. The molecule has 1 amide bonds. The van der Waals surface area contributed by atoms with Gasteiger partial charge in [0, 0.05) is 26.6 Å². The highest BCUT2D eigenvalue weighted by Gasteiger charge is 2.10. The second-order valence-corrected chi connectivity index (χ2v) is 8.94. The van der Waals surface area contributed by atoms with Crippen LogP contribution in [-0.4, -0.2) is 51.0 Å². The van der Waals surface area contributed by atoms with Gasteiger partial charge in [0.05, 0.1) is 6.61 Å². The molecule has 0 unspecified atom stereocenters. The molecule has 1 N–H and O–H groups in total. The Morgan fingerprint density at radius 3 is 2.53 bits per heavy atom. The number of ether oxygens (including phenoxy) is 3. The van der Waals surface area contributed by atoms with E-state index >= 15 is 0 Å². The van der Waals surface area contributed by atoms with E-state index in [1.807, 2.05) is 18.2 Å². The van der Waals surface area contributed by atoms with Gasteiger partial charge in [-0.25, -0.2) is 0 Å². The average molecular weight is 469 g/mol. The van der Waals surface area contributed by atoms with Gasteiger partial charge in [-0.1, -0.05) is 30.7 Å². The quantitative estimate of drug-likeness (QED) is 0.296. The minimum Gasteiger partial charge on any atom is -0.494 e. The SMILES string of the molecule is COCOc1ccc(CCCCC(=O)NCCCOc2cccc(CN3CCCCC3)c2)cc1. The number of piperidine rings is 1. The molecule has 0 radical (unpaired) electrons. The van der Waals surface area contributed by atoms with Gasteiger partial charge >= 0.3 is 0 Å². The highest BCUT2D eigenvalue weighted by Crippen LogP contribution is 2.18. The Morgan fingerprint density at radius 2 is 1.74 bits per heavy atom. The van der Waals surface area contributed by atoms with Crippen molar-refractivity contribution in [2.24, 2.45) is 0 Å². The molecule has 0 bridgehead atoms. The Hall–Kier alpha value is -2.57. The number of carbonyl (C=O) groups excluding carboxylic acids is 1. The zero-order valence-corrected chi connectivity index (χ0v) is 20.6. The van der Waals surface area contributed by atoms with Gasteiger partial charge in [0.15, 0.2) is 6.79 Å². The number of nitrogens with one attached hydrogen (secondary N) is 1. The first kappa shape index (κ1) is 26.0. The molecule has 1 saturated heterocycles. The van der Waals surface area contributed by atoms with Crippen LogP contribution >= 0.6 is 0 Å². The summed E-state index contributed by atoms with van der Waals surface area (Å²) in [5.41, 5.74) is 2.56. The van der Waals surface area contributed by atoms with Crippen LogP contribution in [0.5, 0.6) is 11.5 Å². The van der Waals surface area contributed by atoms with Crippen LogP contribution < -0.4 is 14.8 Å². The number of hydrogen-bond donors (Lipinski definition) is 1. The lowest BCUT2D eigenvalue weighted by Crippen LogP contribution is -2.29. The number of aryl methyl sites for hydroxylation is 1. The van der Waals surface area contributed by atoms with Gasteiger partial charge in [-0.2, -0.15) is 0 Å². The van der Waals surface area contributed by atoms with Gasteiger partial charge in [-0.3, -0.25) is 9.69 Å². The predicted molar refractivity (Wildman–Crippen MR) is 135 cm³/mol. The number of unbranched alkanes of at least 4 members (excludes halogenated alkanes) is 1. The van der Waals surface area contributed by atoms with Crippen LogP contribution in [0.3, 0.4) is 0 Å². The summed E-state index contributed by atoms with van der Waals surface area (Å²) in [6.45, 7) is 4.91. The maximum absolute atomic E-state index is 12.1. The number of benzene rings is 2. The lowest BCUT2D eigenvalue weighted by molar-refractivity contribution is -0.121. The molecular formula is C28H40N2O4. The minimum atomic E-state index is 0.117. The van der Waals surface area contributed by atoms with Gasteiger partial charge < -0.3 is 19.5 Å². The maximum atomic E-state index is 12.1. The maximum Gasteiger partial charge on any atom is 0.219 e. The van der Waals surface area contributed by atoms with E-state index in [1.54, 1.807) is 7.11 Å². The molecule has 0 aromatic heterocycles. The number of nitrogens with zero attached hydrogens (tertiary/aromatic N) is 1. The number of carbonyl (C=O) groups is 1. The molecule has 1 fully saturated rings. The summed E-state index contributed by atoms with van der Waals surface area (Å²) in [6.07, 6.45) is 8.17. The molecule has 0 spiro atoms.